The Morgan fingerprint density at radius 3 is 2.62 bits per heavy atom. The molecule has 3 atom stereocenters. The largest absolute Gasteiger partial charge is 0.349 e. The number of halogens is 1. The van der Waals surface area contributed by atoms with Crippen molar-refractivity contribution in [2.75, 3.05) is 0 Å². The number of benzene rings is 1. The Balaban J connectivity index is 1.81. The van der Waals surface area contributed by atoms with E-state index in [9.17, 15) is 17.6 Å². The minimum Gasteiger partial charge on any atom is -0.349 e. The molecule has 0 aromatic heterocycles. The highest BCUT2D eigenvalue weighted by Gasteiger charge is 2.40. The highest BCUT2D eigenvalue weighted by atomic mass is 32.2. The molecule has 1 aromatic rings. The summed E-state index contributed by atoms with van der Waals surface area (Å²) in [6, 6.07) is 3.07. The van der Waals surface area contributed by atoms with Crippen LogP contribution in [0.2, 0.25) is 0 Å². The summed E-state index contributed by atoms with van der Waals surface area (Å²) in [7, 11) is -3.96. The standard InChI is InChI=1S/C14H17FN2O3S/c15-12-4-3-10(21(16,19)20)7-11(12)14(18)17-13-6-8-1-2-9(13)5-8/h3-4,7-9,13H,1-2,5-6H2,(H,17,18)(H2,16,19,20). The molecule has 0 radical (unpaired) electrons. The molecular weight excluding hydrogens is 295 g/mol. The third-order valence-corrected chi connectivity index (χ3v) is 5.48. The molecule has 21 heavy (non-hydrogen) atoms. The second kappa shape index (κ2) is 5.06. The highest BCUT2D eigenvalue weighted by Crippen LogP contribution is 2.44. The van der Waals surface area contributed by atoms with E-state index in [2.05, 4.69) is 5.32 Å². The minimum absolute atomic E-state index is 0.0637. The topological polar surface area (TPSA) is 89.3 Å². The first kappa shape index (κ1) is 14.5. The van der Waals surface area contributed by atoms with Crippen LogP contribution in [0, 0.1) is 17.7 Å². The van der Waals surface area contributed by atoms with Crippen molar-refractivity contribution in [2.24, 2.45) is 17.0 Å². The van der Waals surface area contributed by atoms with Crippen molar-refractivity contribution in [1.82, 2.24) is 5.32 Å². The predicted octanol–water partition coefficient (Wildman–Crippen LogP) is 1.39. The number of primary sulfonamides is 1. The van der Waals surface area contributed by atoms with Gasteiger partial charge in [0.15, 0.2) is 0 Å². The number of hydrogen-bond donors (Lipinski definition) is 2. The molecule has 1 aromatic carbocycles. The number of amides is 1. The van der Waals surface area contributed by atoms with Crippen LogP contribution in [0.4, 0.5) is 4.39 Å². The fourth-order valence-corrected chi connectivity index (χ4v) is 4.06. The SMILES string of the molecule is NS(=O)(=O)c1ccc(F)c(C(=O)NC2CC3CCC2C3)c1. The smallest absolute Gasteiger partial charge is 0.254 e. The number of rotatable bonds is 3. The van der Waals surface area contributed by atoms with Crippen LogP contribution in [0.5, 0.6) is 0 Å². The summed E-state index contributed by atoms with van der Waals surface area (Å²) in [5.74, 6) is -0.206. The molecule has 0 aliphatic heterocycles. The molecule has 5 nitrogen and oxygen atoms in total. The lowest BCUT2D eigenvalue weighted by Crippen LogP contribution is -2.38. The Labute approximate surface area is 122 Å². The van der Waals surface area contributed by atoms with Crippen molar-refractivity contribution in [3.63, 3.8) is 0 Å². The lowest BCUT2D eigenvalue weighted by molar-refractivity contribution is 0.0918. The van der Waals surface area contributed by atoms with Gasteiger partial charge in [-0.15, -0.1) is 0 Å². The first-order valence-corrected chi connectivity index (χ1v) is 8.52. The van der Waals surface area contributed by atoms with Crippen LogP contribution in [0.25, 0.3) is 0 Å². The van der Waals surface area contributed by atoms with Gasteiger partial charge in [0.1, 0.15) is 5.82 Å². The Bertz CT molecular complexity index is 689. The number of fused-ring (bicyclic) bond motifs is 2. The number of nitrogens with one attached hydrogen (secondary N) is 1. The van der Waals surface area contributed by atoms with Crippen molar-refractivity contribution in [2.45, 2.75) is 36.6 Å². The van der Waals surface area contributed by atoms with E-state index in [0.717, 1.165) is 37.5 Å². The second-order valence-corrected chi connectivity index (χ2v) is 7.50. The summed E-state index contributed by atoms with van der Waals surface area (Å²) in [6.07, 6.45) is 4.33. The van der Waals surface area contributed by atoms with Crippen LogP contribution in [0.3, 0.4) is 0 Å². The Morgan fingerprint density at radius 1 is 1.29 bits per heavy atom. The van der Waals surface area contributed by atoms with E-state index in [1.54, 1.807) is 0 Å². The van der Waals surface area contributed by atoms with Gasteiger partial charge in [0.2, 0.25) is 10.0 Å². The molecule has 2 bridgehead atoms. The van der Waals surface area contributed by atoms with Crippen molar-refractivity contribution in [3.8, 4) is 0 Å². The maximum Gasteiger partial charge on any atom is 0.254 e. The number of hydrogen-bond acceptors (Lipinski definition) is 3. The van der Waals surface area contributed by atoms with E-state index in [0.29, 0.717) is 11.8 Å². The van der Waals surface area contributed by atoms with E-state index in [1.165, 1.54) is 6.42 Å². The van der Waals surface area contributed by atoms with Gasteiger partial charge in [0.05, 0.1) is 10.5 Å². The van der Waals surface area contributed by atoms with Crippen LogP contribution >= 0.6 is 0 Å². The first-order chi connectivity index (χ1) is 9.84. The summed E-state index contributed by atoms with van der Waals surface area (Å²) in [6.45, 7) is 0. The van der Waals surface area contributed by atoms with E-state index >= 15 is 0 Å². The van der Waals surface area contributed by atoms with E-state index in [1.807, 2.05) is 0 Å². The van der Waals surface area contributed by atoms with Gasteiger partial charge in [-0.2, -0.15) is 0 Å². The fraction of sp³-hybridized carbons (Fsp3) is 0.500. The Kier molecular flexibility index (Phi) is 3.49. The third-order valence-electron chi connectivity index (χ3n) is 4.57. The predicted molar refractivity (Wildman–Crippen MR) is 74.5 cm³/mol. The number of carbonyl (C=O) groups is 1. The Morgan fingerprint density at radius 2 is 2.05 bits per heavy atom. The van der Waals surface area contributed by atoms with E-state index in [-0.39, 0.29) is 16.5 Å². The van der Waals surface area contributed by atoms with Crippen LogP contribution < -0.4 is 10.5 Å². The maximum atomic E-state index is 13.8. The zero-order chi connectivity index (χ0) is 15.2. The summed E-state index contributed by atoms with van der Waals surface area (Å²) >= 11 is 0. The Hall–Kier alpha value is -1.47. The van der Waals surface area contributed by atoms with Crippen molar-refractivity contribution < 1.29 is 17.6 Å². The molecule has 7 heteroatoms. The van der Waals surface area contributed by atoms with Gasteiger partial charge < -0.3 is 5.32 Å². The molecule has 114 valence electrons. The molecule has 3 unspecified atom stereocenters. The monoisotopic (exact) mass is 312 g/mol. The van der Waals surface area contributed by atoms with Gasteiger partial charge in [-0.25, -0.2) is 17.9 Å². The van der Waals surface area contributed by atoms with Gasteiger partial charge in [0, 0.05) is 6.04 Å². The average Bonchev–Trinajstić information content (AvgIpc) is 2.99. The molecular formula is C14H17FN2O3S. The molecule has 2 aliphatic carbocycles. The average molecular weight is 312 g/mol. The van der Waals surface area contributed by atoms with Crippen LogP contribution in [0.15, 0.2) is 23.1 Å². The van der Waals surface area contributed by atoms with Gasteiger partial charge >= 0.3 is 0 Å². The summed E-state index contributed by atoms with van der Waals surface area (Å²) < 4.78 is 36.4. The van der Waals surface area contributed by atoms with Crippen molar-refractivity contribution in [1.29, 1.82) is 0 Å². The molecule has 1 amide bonds. The van der Waals surface area contributed by atoms with Crippen LogP contribution in [-0.2, 0) is 10.0 Å². The lowest BCUT2D eigenvalue weighted by atomic mass is 9.95. The van der Waals surface area contributed by atoms with Crippen molar-refractivity contribution in [3.05, 3.63) is 29.6 Å². The third kappa shape index (κ3) is 2.80. The van der Waals surface area contributed by atoms with E-state index < -0.39 is 21.7 Å². The molecule has 2 aliphatic rings. The first-order valence-electron chi connectivity index (χ1n) is 6.98. The normalized spacial score (nSPS) is 27.8. The van der Waals surface area contributed by atoms with Gasteiger partial charge in [0.25, 0.3) is 5.91 Å². The highest BCUT2D eigenvalue weighted by molar-refractivity contribution is 7.89. The second-order valence-electron chi connectivity index (χ2n) is 5.94. The van der Waals surface area contributed by atoms with Gasteiger partial charge in [-0.3, -0.25) is 4.79 Å². The lowest BCUT2D eigenvalue weighted by Gasteiger charge is -2.23. The molecule has 0 saturated heterocycles. The molecule has 2 saturated carbocycles. The summed E-state index contributed by atoms with van der Waals surface area (Å²) in [5, 5.41) is 7.84. The summed E-state index contributed by atoms with van der Waals surface area (Å²) in [5.41, 5.74) is -0.274. The zero-order valence-electron chi connectivity index (χ0n) is 11.4. The van der Waals surface area contributed by atoms with Crippen molar-refractivity contribution >= 4 is 15.9 Å². The number of sulfonamides is 1. The molecule has 2 fully saturated rings. The maximum absolute atomic E-state index is 13.8. The van der Waals surface area contributed by atoms with Gasteiger partial charge in [-0.1, -0.05) is 6.42 Å². The molecule has 0 spiro atoms. The zero-order valence-corrected chi connectivity index (χ0v) is 12.2. The molecule has 3 rings (SSSR count). The quantitative estimate of drug-likeness (QED) is 0.884. The molecule has 0 heterocycles. The minimum atomic E-state index is -3.96. The van der Waals surface area contributed by atoms with E-state index in [4.69, 9.17) is 5.14 Å². The number of carbonyl (C=O) groups excluding carboxylic acids is 1. The van der Waals surface area contributed by atoms with Crippen LogP contribution in [0.1, 0.15) is 36.0 Å². The van der Waals surface area contributed by atoms with Gasteiger partial charge in [-0.05, 0) is 49.3 Å². The number of nitrogens with two attached hydrogens (primary N) is 1. The fourth-order valence-electron chi connectivity index (χ4n) is 3.52. The summed E-state index contributed by atoms with van der Waals surface area (Å²) in [4.78, 5) is 11.9. The molecule has 3 N–H and O–H groups in total. The van der Waals surface area contributed by atoms with Crippen LogP contribution in [-0.4, -0.2) is 20.4 Å².